The number of methoxy groups -OCH3 is 1. The summed E-state index contributed by atoms with van der Waals surface area (Å²) in [5, 5.41) is 5.19. The van der Waals surface area contributed by atoms with Crippen molar-refractivity contribution in [2.75, 3.05) is 7.11 Å². The minimum Gasteiger partial charge on any atom is -0.495 e. The summed E-state index contributed by atoms with van der Waals surface area (Å²) in [7, 11) is -2.85. The van der Waals surface area contributed by atoms with Gasteiger partial charge in [-0.15, -0.1) is 0 Å². The molecule has 0 aliphatic carbocycles. The van der Waals surface area contributed by atoms with Crippen LogP contribution in [0.3, 0.4) is 0 Å². The minimum atomic E-state index is -4.13. The molecule has 170 valence electrons. The minimum absolute atomic E-state index is 0.00262. The Morgan fingerprint density at radius 3 is 2.50 bits per heavy atom. The third-order valence-corrected chi connectivity index (χ3v) is 6.02. The van der Waals surface area contributed by atoms with Crippen molar-refractivity contribution in [3.8, 4) is 5.75 Å². The van der Waals surface area contributed by atoms with E-state index in [0.29, 0.717) is 17.8 Å². The standard InChI is InChI=1S/C22H24N2O7S/c1-13-10-18(14(2)24(13)12-17-6-5-9-30-17)21(25)15(3)31-22(26)16-7-8-19(29-4)20(11-16)32(23,27)28/h5-11,15H,12H2,1-4H3,(H2,23,27,28)/t15-/m0/s1. The van der Waals surface area contributed by atoms with Gasteiger partial charge in [0.2, 0.25) is 15.8 Å². The number of esters is 1. The number of ketones is 1. The van der Waals surface area contributed by atoms with Gasteiger partial charge in [-0.25, -0.2) is 18.4 Å². The molecule has 0 radical (unpaired) electrons. The molecule has 2 N–H and O–H groups in total. The second-order valence-electron chi connectivity index (χ2n) is 7.27. The van der Waals surface area contributed by atoms with Crippen molar-refractivity contribution < 1.29 is 31.9 Å². The number of furan rings is 1. The van der Waals surface area contributed by atoms with Crippen LogP contribution in [0.2, 0.25) is 0 Å². The fourth-order valence-electron chi connectivity index (χ4n) is 3.38. The molecule has 0 bridgehead atoms. The van der Waals surface area contributed by atoms with Gasteiger partial charge in [-0.3, -0.25) is 4.79 Å². The molecule has 0 spiro atoms. The zero-order valence-corrected chi connectivity index (χ0v) is 18.9. The number of hydrogen-bond acceptors (Lipinski definition) is 7. The fourth-order valence-corrected chi connectivity index (χ4v) is 4.10. The maximum atomic E-state index is 13.0. The van der Waals surface area contributed by atoms with E-state index in [2.05, 4.69) is 0 Å². The normalized spacial score (nSPS) is 12.4. The molecule has 0 aliphatic rings. The van der Waals surface area contributed by atoms with E-state index in [0.717, 1.165) is 17.5 Å². The molecule has 9 nitrogen and oxygen atoms in total. The molecule has 1 aromatic carbocycles. The number of primary sulfonamides is 1. The molecule has 2 aromatic heterocycles. The summed E-state index contributed by atoms with van der Waals surface area (Å²) in [5.74, 6) is -0.493. The predicted molar refractivity (Wildman–Crippen MR) is 115 cm³/mol. The molecule has 0 fully saturated rings. The van der Waals surface area contributed by atoms with E-state index >= 15 is 0 Å². The fraction of sp³-hybridized carbons (Fsp3) is 0.273. The van der Waals surface area contributed by atoms with Crippen LogP contribution < -0.4 is 9.88 Å². The second kappa shape index (κ2) is 9.01. The third kappa shape index (κ3) is 4.76. The molecule has 3 rings (SSSR count). The Labute approximate surface area is 185 Å². The predicted octanol–water partition coefficient (Wildman–Crippen LogP) is 2.83. The second-order valence-corrected chi connectivity index (χ2v) is 8.80. The Morgan fingerprint density at radius 2 is 1.91 bits per heavy atom. The van der Waals surface area contributed by atoms with Crippen molar-refractivity contribution in [2.45, 2.75) is 38.3 Å². The average Bonchev–Trinajstić information content (AvgIpc) is 3.35. The number of nitrogens with two attached hydrogens (primary N) is 1. The number of aromatic nitrogens is 1. The van der Waals surface area contributed by atoms with Crippen LogP contribution in [0.15, 0.2) is 52.0 Å². The van der Waals surface area contributed by atoms with Gasteiger partial charge in [0.05, 0.1) is 25.5 Å². The van der Waals surface area contributed by atoms with Gasteiger partial charge >= 0.3 is 5.97 Å². The third-order valence-electron chi connectivity index (χ3n) is 5.09. The van der Waals surface area contributed by atoms with Gasteiger partial charge in [-0.2, -0.15) is 0 Å². The summed E-state index contributed by atoms with van der Waals surface area (Å²) in [5.41, 5.74) is 1.92. The Hall–Kier alpha value is -3.37. The first-order chi connectivity index (χ1) is 15.0. The van der Waals surface area contributed by atoms with E-state index in [1.54, 1.807) is 25.3 Å². The zero-order valence-electron chi connectivity index (χ0n) is 18.1. The molecular formula is C22H24N2O7S. The van der Waals surface area contributed by atoms with Crippen molar-refractivity contribution in [1.82, 2.24) is 4.57 Å². The lowest BCUT2D eigenvalue weighted by Gasteiger charge is -2.14. The van der Waals surface area contributed by atoms with Crippen molar-refractivity contribution in [1.29, 1.82) is 0 Å². The highest BCUT2D eigenvalue weighted by atomic mass is 32.2. The number of hydrogen-bond donors (Lipinski definition) is 1. The van der Waals surface area contributed by atoms with Gasteiger partial charge in [0.15, 0.2) is 6.10 Å². The highest BCUT2D eigenvalue weighted by Crippen LogP contribution is 2.25. The van der Waals surface area contributed by atoms with Gasteiger partial charge < -0.3 is 18.5 Å². The molecule has 0 amide bonds. The van der Waals surface area contributed by atoms with E-state index in [1.807, 2.05) is 17.6 Å². The lowest BCUT2D eigenvalue weighted by Crippen LogP contribution is -2.25. The topological polar surface area (TPSA) is 131 Å². The van der Waals surface area contributed by atoms with Crippen molar-refractivity contribution in [3.05, 3.63) is 70.9 Å². The van der Waals surface area contributed by atoms with Crippen LogP contribution in [0.1, 0.15) is 44.8 Å². The Morgan fingerprint density at radius 1 is 1.19 bits per heavy atom. The first kappa shape index (κ1) is 23.3. The molecule has 10 heteroatoms. The molecule has 0 saturated carbocycles. The molecule has 3 aromatic rings. The van der Waals surface area contributed by atoms with E-state index in [9.17, 15) is 18.0 Å². The van der Waals surface area contributed by atoms with Gasteiger partial charge in [0.1, 0.15) is 16.4 Å². The zero-order chi connectivity index (χ0) is 23.6. The summed E-state index contributed by atoms with van der Waals surface area (Å²) >= 11 is 0. The highest BCUT2D eigenvalue weighted by molar-refractivity contribution is 7.89. The Bertz CT molecular complexity index is 1260. The number of carbonyl (C=O) groups is 2. The summed E-state index contributed by atoms with van der Waals surface area (Å²) in [6.07, 6.45) is 0.484. The summed E-state index contributed by atoms with van der Waals surface area (Å²) in [4.78, 5) is 25.2. The van der Waals surface area contributed by atoms with Crippen molar-refractivity contribution in [2.24, 2.45) is 5.14 Å². The molecule has 0 aliphatic heterocycles. The van der Waals surface area contributed by atoms with E-state index in [-0.39, 0.29) is 22.0 Å². The number of sulfonamides is 1. The van der Waals surface area contributed by atoms with Crippen LogP contribution >= 0.6 is 0 Å². The highest BCUT2D eigenvalue weighted by Gasteiger charge is 2.26. The molecule has 0 saturated heterocycles. The van der Waals surface area contributed by atoms with E-state index in [1.165, 1.54) is 26.2 Å². The number of aryl methyl sites for hydroxylation is 1. The smallest absolute Gasteiger partial charge is 0.338 e. The number of ether oxygens (including phenoxy) is 2. The molecule has 1 atom stereocenters. The summed E-state index contributed by atoms with van der Waals surface area (Å²) < 4.78 is 41.1. The number of Topliss-reactive ketones (excluding diaryl/α,β-unsaturated/α-hetero) is 1. The maximum Gasteiger partial charge on any atom is 0.338 e. The van der Waals surface area contributed by atoms with Gasteiger partial charge in [-0.05, 0) is 57.2 Å². The van der Waals surface area contributed by atoms with Crippen LogP contribution in [0.25, 0.3) is 0 Å². The first-order valence-electron chi connectivity index (χ1n) is 9.68. The van der Waals surface area contributed by atoms with Gasteiger partial charge in [0, 0.05) is 17.0 Å². The summed E-state index contributed by atoms with van der Waals surface area (Å²) in [6.45, 7) is 5.60. The Kier molecular flexibility index (Phi) is 6.56. The largest absolute Gasteiger partial charge is 0.495 e. The monoisotopic (exact) mass is 460 g/mol. The van der Waals surface area contributed by atoms with Crippen LogP contribution in [0.5, 0.6) is 5.75 Å². The first-order valence-corrected chi connectivity index (χ1v) is 11.2. The number of carbonyl (C=O) groups excluding carboxylic acids is 2. The molecule has 32 heavy (non-hydrogen) atoms. The van der Waals surface area contributed by atoms with Crippen LogP contribution in [0, 0.1) is 13.8 Å². The Balaban J connectivity index is 1.80. The van der Waals surface area contributed by atoms with E-state index < -0.39 is 22.1 Å². The molecule has 0 unspecified atom stereocenters. The molecular weight excluding hydrogens is 436 g/mol. The van der Waals surface area contributed by atoms with Gasteiger partial charge in [-0.1, -0.05) is 0 Å². The quantitative estimate of drug-likeness (QED) is 0.404. The average molecular weight is 461 g/mol. The van der Waals surface area contributed by atoms with E-state index in [4.69, 9.17) is 19.0 Å². The van der Waals surface area contributed by atoms with Crippen LogP contribution in [0.4, 0.5) is 0 Å². The molecule has 2 heterocycles. The van der Waals surface area contributed by atoms with Crippen LogP contribution in [-0.2, 0) is 21.3 Å². The maximum absolute atomic E-state index is 13.0. The van der Waals surface area contributed by atoms with Gasteiger partial charge in [0.25, 0.3) is 0 Å². The lowest BCUT2D eigenvalue weighted by molar-refractivity contribution is 0.0318. The van der Waals surface area contributed by atoms with Crippen LogP contribution in [-0.4, -0.2) is 38.0 Å². The number of rotatable bonds is 8. The summed E-state index contributed by atoms with van der Waals surface area (Å²) in [6, 6.07) is 9.06. The lowest BCUT2D eigenvalue weighted by atomic mass is 10.1. The number of nitrogens with zero attached hydrogens (tertiary/aromatic N) is 1. The number of benzene rings is 1. The van der Waals surface area contributed by atoms with Crippen molar-refractivity contribution in [3.63, 3.8) is 0 Å². The van der Waals surface area contributed by atoms with Crippen molar-refractivity contribution >= 4 is 21.8 Å². The SMILES string of the molecule is COc1ccc(C(=O)O[C@@H](C)C(=O)c2cc(C)n(Cc3ccco3)c2C)cc1S(N)(=O)=O.